The lowest BCUT2D eigenvalue weighted by Gasteiger charge is -2.00. The lowest BCUT2D eigenvalue weighted by Crippen LogP contribution is -2.21. The highest BCUT2D eigenvalue weighted by Gasteiger charge is 2.39. The van der Waals surface area contributed by atoms with Gasteiger partial charge < -0.3 is 0 Å². The molecule has 0 aliphatic heterocycles. The van der Waals surface area contributed by atoms with Crippen molar-refractivity contribution in [2.24, 2.45) is 0 Å². The predicted molar refractivity (Wildman–Crippen MR) is 39.4 cm³/mol. The highest BCUT2D eigenvalue weighted by molar-refractivity contribution is 7.12. The number of carbonyl (C=O) groups excluding carboxylic acids is 1. The van der Waals surface area contributed by atoms with Gasteiger partial charge in [-0.25, -0.2) is 0 Å². The molecule has 12 heavy (non-hydrogen) atoms. The molecule has 0 radical (unpaired) electrons. The number of Topliss-reactive ketones (excluding diaryl/α,β-unsaturated/α-hetero) is 1. The molecule has 0 fully saturated rings. The van der Waals surface area contributed by atoms with Gasteiger partial charge in [0.2, 0.25) is 0 Å². The third-order valence-electron chi connectivity index (χ3n) is 1.21. The average Bonchev–Trinajstić information content (AvgIpc) is 2.32. The van der Waals surface area contributed by atoms with Crippen LogP contribution in [-0.4, -0.2) is 12.0 Å². The minimum absolute atomic E-state index is 0.250. The van der Waals surface area contributed by atoms with Gasteiger partial charge in [0.25, 0.3) is 5.78 Å². The average molecular weight is 194 g/mol. The summed E-state index contributed by atoms with van der Waals surface area (Å²) in [6.07, 6.45) is -4.75. The van der Waals surface area contributed by atoms with Gasteiger partial charge in [0.15, 0.2) is 0 Å². The molecule has 0 aliphatic carbocycles. The van der Waals surface area contributed by atoms with Crippen molar-refractivity contribution in [2.45, 2.75) is 13.1 Å². The third-order valence-corrected chi connectivity index (χ3v) is 2.26. The van der Waals surface area contributed by atoms with E-state index < -0.39 is 12.0 Å². The first-order valence-electron chi connectivity index (χ1n) is 3.08. The fourth-order valence-electron chi connectivity index (χ4n) is 0.690. The van der Waals surface area contributed by atoms with E-state index >= 15 is 0 Å². The monoisotopic (exact) mass is 194 g/mol. The molecule has 1 heterocycles. The minimum atomic E-state index is -4.75. The Morgan fingerprint density at radius 2 is 2.08 bits per heavy atom. The SMILES string of the molecule is Cc1csc(C(=O)C(F)(F)F)c1. The molecule has 1 nitrogen and oxygen atoms in total. The zero-order valence-corrected chi connectivity index (χ0v) is 6.92. The quantitative estimate of drug-likeness (QED) is 0.628. The molecule has 0 saturated heterocycles. The number of halogens is 3. The summed E-state index contributed by atoms with van der Waals surface area (Å²) in [5, 5.41) is 1.51. The van der Waals surface area contributed by atoms with Crippen molar-refractivity contribution in [2.75, 3.05) is 0 Å². The van der Waals surface area contributed by atoms with Crippen LogP contribution in [0.15, 0.2) is 11.4 Å². The van der Waals surface area contributed by atoms with Crippen LogP contribution in [0, 0.1) is 6.92 Å². The van der Waals surface area contributed by atoms with Gasteiger partial charge in [0.1, 0.15) is 0 Å². The first-order valence-corrected chi connectivity index (χ1v) is 3.96. The summed E-state index contributed by atoms with van der Waals surface area (Å²) in [5.41, 5.74) is 0.674. The summed E-state index contributed by atoms with van der Waals surface area (Å²) in [5.74, 6) is -1.76. The Bertz CT molecular complexity index is 300. The summed E-state index contributed by atoms with van der Waals surface area (Å²) in [6, 6.07) is 1.24. The van der Waals surface area contributed by atoms with Crippen molar-refractivity contribution >= 4 is 17.1 Å². The molecule has 0 atom stereocenters. The largest absolute Gasteiger partial charge is 0.455 e. The Balaban J connectivity index is 2.93. The fraction of sp³-hybridized carbons (Fsp3) is 0.286. The zero-order valence-electron chi connectivity index (χ0n) is 6.11. The maximum absolute atomic E-state index is 11.8. The van der Waals surface area contributed by atoms with E-state index in [1.54, 1.807) is 6.92 Å². The smallest absolute Gasteiger partial charge is 0.283 e. The number of thiophene rings is 1. The van der Waals surface area contributed by atoms with E-state index in [9.17, 15) is 18.0 Å². The van der Waals surface area contributed by atoms with Crippen molar-refractivity contribution < 1.29 is 18.0 Å². The van der Waals surface area contributed by atoms with Crippen molar-refractivity contribution in [1.82, 2.24) is 0 Å². The molecule has 5 heteroatoms. The summed E-state index contributed by atoms with van der Waals surface area (Å²) in [6.45, 7) is 1.64. The first kappa shape index (κ1) is 9.25. The van der Waals surface area contributed by atoms with E-state index in [0.717, 1.165) is 11.3 Å². The molecule has 1 aromatic heterocycles. The van der Waals surface area contributed by atoms with E-state index in [4.69, 9.17) is 0 Å². The Kier molecular flexibility index (Phi) is 2.23. The maximum atomic E-state index is 11.8. The topological polar surface area (TPSA) is 17.1 Å². The second-order valence-corrected chi connectivity index (χ2v) is 3.23. The van der Waals surface area contributed by atoms with Gasteiger partial charge in [-0.05, 0) is 23.9 Å². The van der Waals surface area contributed by atoms with Crippen molar-refractivity contribution in [3.8, 4) is 0 Å². The fourth-order valence-corrected chi connectivity index (χ4v) is 1.55. The van der Waals surface area contributed by atoms with Crippen molar-refractivity contribution in [3.05, 3.63) is 21.9 Å². The Labute approximate surface area is 70.8 Å². The van der Waals surface area contributed by atoms with Gasteiger partial charge in [-0.1, -0.05) is 0 Å². The molecule has 0 amide bonds. The van der Waals surface area contributed by atoms with Crippen LogP contribution in [0.2, 0.25) is 0 Å². The summed E-state index contributed by atoms with van der Waals surface area (Å²) < 4.78 is 35.4. The zero-order chi connectivity index (χ0) is 9.35. The van der Waals surface area contributed by atoms with Gasteiger partial charge in [-0.3, -0.25) is 4.79 Å². The minimum Gasteiger partial charge on any atom is -0.283 e. The van der Waals surface area contributed by atoms with Gasteiger partial charge in [0.05, 0.1) is 4.88 Å². The lowest BCUT2D eigenvalue weighted by atomic mass is 10.3. The normalized spacial score (nSPS) is 11.7. The molecule has 1 aromatic rings. The predicted octanol–water partition coefficient (Wildman–Crippen LogP) is 2.80. The second-order valence-electron chi connectivity index (χ2n) is 2.32. The first-order chi connectivity index (χ1) is 5.41. The number of rotatable bonds is 1. The number of alkyl halides is 3. The number of ketones is 1. The van der Waals surface area contributed by atoms with E-state index in [2.05, 4.69) is 0 Å². The van der Waals surface area contributed by atoms with Crippen LogP contribution < -0.4 is 0 Å². The second kappa shape index (κ2) is 2.90. The molecule has 0 aromatic carbocycles. The number of hydrogen-bond acceptors (Lipinski definition) is 2. The van der Waals surface area contributed by atoms with E-state index in [0.29, 0.717) is 5.56 Å². The van der Waals surface area contributed by atoms with Crippen LogP contribution in [-0.2, 0) is 0 Å². The van der Waals surface area contributed by atoms with Gasteiger partial charge in [-0.15, -0.1) is 11.3 Å². The van der Waals surface area contributed by atoms with E-state index in [1.807, 2.05) is 0 Å². The van der Waals surface area contributed by atoms with E-state index in [1.165, 1.54) is 11.4 Å². The van der Waals surface area contributed by atoms with Crippen LogP contribution >= 0.6 is 11.3 Å². The summed E-state index contributed by atoms with van der Waals surface area (Å²) in [4.78, 5) is 10.3. The lowest BCUT2D eigenvalue weighted by molar-refractivity contribution is -0.0882. The number of aryl methyl sites for hydroxylation is 1. The van der Waals surface area contributed by atoms with Crippen molar-refractivity contribution in [1.29, 1.82) is 0 Å². The van der Waals surface area contributed by atoms with Crippen LogP contribution in [0.4, 0.5) is 13.2 Å². The van der Waals surface area contributed by atoms with Gasteiger partial charge in [-0.2, -0.15) is 13.2 Å². The number of hydrogen-bond donors (Lipinski definition) is 0. The van der Waals surface area contributed by atoms with Crippen LogP contribution in [0.5, 0.6) is 0 Å². The number of carbonyl (C=O) groups is 1. The standard InChI is InChI=1S/C7H5F3OS/c1-4-2-5(12-3-4)6(11)7(8,9)10/h2-3H,1H3. The van der Waals surface area contributed by atoms with Crippen LogP contribution in [0.1, 0.15) is 15.2 Å². The Hall–Kier alpha value is -0.840. The Morgan fingerprint density at radius 3 is 2.42 bits per heavy atom. The molecule has 0 spiro atoms. The molecule has 66 valence electrons. The molecule has 0 unspecified atom stereocenters. The van der Waals surface area contributed by atoms with Crippen molar-refractivity contribution in [3.63, 3.8) is 0 Å². The summed E-state index contributed by atoms with van der Waals surface area (Å²) >= 11 is 0.815. The Morgan fingerprint density at radius 1 is 1.50 bits per heavy atom. The molecule has 0 saturated carbocycles. The molecule has 1 rings (SSSR count). The van der Waals surface area contributed by atoms with Gasteiger partial charge >= 0.3 is 6.18 Å². The molecule has 0 bridgehead atoms. The molecule has 0 N–H and O–H groups in total. The maximum Gasteiger partial charge on any atom is 0.455 e. The van der Waals surface area contributed by atoms with Gasteiger partial charge in [0, 0.05) is 0 Å². The molecule has 0 aliphatic rings. The molecular formula is C7H5F3OS. The highest BCUT2D eigenvalue weighted by atomic mass is 32.1. The highest BCUT2D eigenvalue weighted by Crippen LogP contribution is 2.25. The summed E-state index contributed by atoms with van der Waals surface area (Å²) in [7, 11) is 0. The molecular weight excluding hydrogens is 189 g/mol. The van der Waals surface area contributed by atoms with Crippen LogP contribution in [0.3, 0.4) is 0 Å². The van der Waals surface area contributed by atoms with Crippen LogP contribution in [0.25, 0.3) is 0 Å². The third kappa shape index (κ3) is 1.85. The van der Waals surface area contributed by atoms with E-state index in [-0.39, 0.29) is 4.88 Å².